The molecule has 0 saturated carbocycles. The zero-order valence-corrected chi connectivity index (χ0v) is 15.8. The molecule has 1 aliphatic rings. The second-order valence-corrected chi connectivity index (χ2v) is 7.40. The summed E-state index contributed by atoms with van der Waals surface area (Å²) in [4.78, 5) is 25.4. The lowest BCUT2D eigenvalue weighted by atomic mass is 10.1. The van der Waals surface area contributed by atoms with Crippen LogP contribution in [0.1, 0.15) is 22.0 Å². The minimum atomic E-state index is -0.605. The molecular weight excluding hydrogens is 438 g/mol. The number of cyclic esters (lactones) is 1. The van der Waals surface area contributed by atoms with Crippen LogP contribution < -0.4 is 0 Å². The average Bonchev–Trinajstić information content (AvgIpc) is 3.03. The fraction of sp³-hybridized carbons (Fsp3) is 0.222. The summed E-state index contributed by atoms with van der Waals surface area (Å²) in [6, 6.07) is 18.6. The predicted molar refractivity (Wildman–Crippen MR) is 98.2 cm³/mol. The van der Waals surface area contributed by atoms with Gasteiger partial charge in [-0.25, -0.2) is 9.69 Å². The van der Waals surface area contributed by atoms with Gasteiger partial charge in [0.15, 0.2) is 0 Å². The smallest absolute Gasteiger partial charge is 0.417 e. The van der Waals surface area contributed by atoms with Crippen LogP contribution in [-0.2, 0) is 9.53 Å². The van der Waals surface area contributed by atoms with Crippen LogP contribution in [0.4, 0.5) is 4.79 Å². The summed E-state index contributed by atoms with van der Waals surface area (Å²) in [6.07, 6.45) is -0.605. The number of hydrogen-bond acceptors (Lipinski definition) is 3. The van der Waals surface area contributed by atoms with E-state index in [1.165, 1.54) is 4.90 Å². The summed E-state index contributed by atoms with van der Waals surface area (Å²) in [5.41, 5.74) is 1.83. The van der Waals surface area contributed by atoms with E-state index in [2.05, 4.69) is 31.9 Å². The van der Waals surface area contributed by atoms with Crippen LogP contribution in [0.5, 0.6) is 0 Å². The Morgan fingerprint density at radius 1 is 1.04 bits per heavy atom. The Hall–Kier alpha value is -1.66. The molecule has 0 N–H and O–H groups in total. The number of nitrogens with zero attached hydrogens (tertiary/aromatic N) is 1. The third-order valence-corrected chi connectivity index (χ3v) is 6.59. The third-order valence-electron chi connectivity index (χ3n) is 3.91. The number of carbonyl (C=O) groups is 2. The van der Waals surface area contributed by atoms with E-state index in [0.29, 0.717) is 0 Å². The van der Waals surface area contributed by atoms with Crippen LogP contribution in [0.2, 0.25) is 0 Å². The van der Waals surface area contributed by atoms with Gasteiger partial charge in [-0.2, -0.15) is 0 Å². The average molecular weight is 453 g/mol. The lowest BCUT2D eigenvalue weighted by Crippen LogP contribution is -2.40. The second-order valence-electron chi connectivity index (χ2n) is 5.43. The van der Waals surface area contributed by atoms with E-state index in [9.17, 15) is 9.59 Å². The standard InChI is InChI=1S/C18H15Br2NO3/c19-15(13-9-5-2-6-10-13)16(20)17(22)21-14(11-24-18(21)23)12-7-3-1-4-8-12/h1-10,14-16H,11H2. The van der Waals surface area contributed by atoms with Crippen LogP contribution in [0, 0.1) is 0 Å². The SMILES string of the molecule is O=C1OCC(c2ccccc2)N1C(=O)C(Br)C(Br)c1ccccc1. The number of alkyl halides is 2. The summed E-state index contributed by atoms with van der Waals surface area (Å²) in [5.74, 6) is -0.322. The Morgan fingerprint density at radius 3 is 2.25 bits per heavy atom. The van der Waals surface area contributed by atoms with Crippen molar-refractivity contribution in [3.63, 3.8) is 0 Å². The highest BCUT2D eigenvalue weighted by molar-refractivity contribution is 9.12. The van der Waals surface area contributed by atoms with Crippen LogP contribution in [-0.4, -0.2) is 28.3 Å². The van der Waals surface area contributed by atoms with Crippen molar-refractivity contribution in [1.29, 1.82) is 0 Å². The van der Waals surface area contributed by atoms with Crippen molar-refractivity contribution in [2.75, 3.05) is 6.61 Å². The molecule has 6 heteroatoms. The minimum absolute atomic E-state index is 0.173. The molecule has 1 saturated heterocycles. The van der Waals surface area contributed by atoms with Gasteiger partial charge in [-0.15, -0.1) is 0 Å². The summed E-state index contributed by atoms with van der Waals surface area (Å²) in [6.45, 7) is 0.173. The summed E-state index contributed by atoms with van der Waals surface area (Å²) in [5, 5.41) is 0. The molecular formula is C18H15Br2NO3. The highest BCUT2D eigenvalue weighted by Crippen LogP contribution is 2.36. The first-order valence-corrected chi connectivity index (χ1v) is 9.30. The number of ether oxygens (including phenoxy) is 1. The Bertz CT molecular complexity index is 724. The monoisotopic (exact) mass is 451 g/mol. The zero-order chi connectivity index (χ0) is 17.1. The fourth-order valence-corrected chi connectivity index (χ4v) is 3.71. The predicted octanol–water partition coefficient (Wildman–Crippen LogP) is 4.61. The van der Waals surface area contributed by atoms with Gasteiger partial charge in [-0.3, -0.25) is 4.79 Å². The van der Waals surface area contributed by atoms with Gasteiger partial charge >= 0.3 is 6.09 Å². The molecule has 1 aliphatic heterocycles. The van der Waals surface area contributed by atoms with E-state index in [4.69, 9.17) is 4.74 Å². The highest BCUT2D eigenvalue weighted by Gasteiger charge is 2.42. The first-order valence-electron chi connectivity index (χ1n) is 7.47. The maximum Gasteiger partial charge on any atom is 0.417 e. The lowest BCUT2D eigenvalue weighted by Gasteiger charge is -2.24. The lowest BCUT2D eigenvalue weighted by molar-refractivity contribution is -0.128. The topological polar surface area (TPSA) is 46.6 Å². The van der Waals surface area contributed by atoms with Crippen molar-refractivity contribution in [1.82, 2.24) is 4.90 Å². The normalized spacial score (nSPS) is 19.7. The van der Waals surface area contributed by atoms with Crippen molar-refractivity contribution in [3.05, 3.63) is 71.8 Å². The largest absolute Gasteiger partial charge is 0.446 e. The quantitative estimate of drug-likeness (QED) is 0.636. The van der Waals surface area contributed by atoms with Gasteiger partial charge < -0.3 is 4.74 Å². The van der Waals surface area contributed by atoms with E-state index in [0.717, 1.165) is 11.1 Å². The summed E-state index contributed by atoms with van der Waals surface area (Å²) >= 11 is 6.99. The number of imide groups is 1. The van der Waals surface area contributed by atoms with Crippen molar-refractivity contribution in [2.24, 2.45) is 0 Å². The molecule has 124 valence electrons. The Kier molecular flexibility index (Phi) is 5.36. The molecule has 1 fully saturated rings. The molecule has 3 atom stereocenters. The molecule has 3 rings (SSSR count). The molecule has 2 aromatic carbocycles. The maximum absolute atomic E-state index is 12.9. The molecule has 0 aromatic heterocycles. The van der Waals surface area contributed by atoms with E-state index in [1.54, 1.807) is 0 Å². The summed E-state index contributed by atoms with van der Waals surface area (Å²) in [7, 11) is 0. The molecule has 2 aromatic rings. The molecule has 4 nitrogen and oxygen atoms in total. The second kappa shape index (κ2) is 7.49. The number of rotatable bonds is 4. The molecule has 2 amide bonds. The van der Waals surface area contributed by atoms with Gasteiger partial charge in [-0.1, -0.05) is 92.5 Å². The van der Waals surface area contributed by atoms with E-state index >= 15 is 0 Å². The van der Waals surface area contributed by atoms with Crippen molar-refractivity contribution in [3.8, 4) is 0 Å². The molecule has 1 heterocycles. The van der Waals surface area contributed by atoms with E-state index in [1.807, 2.05) is 60.7 Å². The number of carbonyl (C=O) groups excluding carboxylic acids is 2. The number of halogens is 2. The van der Waals surface area contributed by atoms with Gasteiger partial charge in [-0.05, 0) is 11.1 Å². The Morgan fingerprint density at radius 2 is 1.62 bits per heavy atom. The van der Waals surface area contributed by atoms with Gasteiger partial charge in [0.25, 0.3) is 0 Å². The number of amides is 2. The van der Waals surface area contributed by atoms with Gasteiger partial charge in [0, 0.05) is 0 Å². The molecule has 24 heavy (non-hydrogen) atoms. The molecule has 0 spiro atoms. The van der Waals surface area contributed by atoms with Crippen LogP contribution >= 0.6 is 31.9 Å². The first-order chi connectivity index (χ1) is 11.6. The zero-order valence-electron chi connectivity index (χ0n) is 12.6. The Balaban J connectivity index is 1.83. The van der Waals surface area contributed by atoms with Crippen molar-refractivity contribution < 1.29 is 14.3 Å². The molecule has 0 radical (unpaired) electrons. The van der Waals surface area contributed by atoms with E-state index < -0.39 is 17.0 Å². The van der Waals surface area contributed by atoms with Crippen LogP contribution in [0.3, 0.4) is 0 Å². The Labute approximate surface area is 157 Å². The van der Waals surface area contributed by atoms with E-state index in [-0.39, 0.29) is 17.3 Å². The van der Waals surface area contributed by atoms with Crippen molar-refractivity contribution >= 4 is 43.9 Å². The van der Waals surface area contributed by atoms with Crippen molar-refractivity contribution in [2.45, 2.75) is 15.7 Å². The maximum atomic E-state index is 12.9. The first kappa shape index (κ1) is 17.2. The van der Waals surface area contributed by atoms with Gasteiger partial charge in [0.05, 0.1) is 4.83 Å². The van der Waals surface area contributed by atoms with Crippen LogP contribution in [0.15, 0.2) is 60.7 Å². The highest BCUT2D eigenvalue weighted by atomic mass is 79.9. The van der Waals surface area contributed by atoms with Crippen LogP contribution in [0.25, 0.3) is 0 Å². The van der Waals surface area contributed by atoms with Gasteiger partial charge in [0.1, 0.15) is 17.5 Å². The molecule has 3 unspecified atom stereocenters. The fourth-order valence-electron chi connectivity index (χ4n) is 2.65. The number of benzene rings is 2. The third kappa shape index (κ3) is 3.39. The molecule has 0 aliphatic carbocycles. The minimum Gasteiger partial charge on any atom is -0.446 e. The summed E-state index contributed by atoms with van der Waals surface area (Å²) < 4.78 is 5.12. The molecule has 0 bridgehead atoms. The van der Waals surface area contributed by atoms with Gasteiger partial charge in [0.2, 0.25) is 5.91 Å². The number of hydrogen-bond donors (Lipinski definition) is 0.